The number of unbranched alkanes of at least 4 members (excludes halogenated alkanes) is 1. The van der Waals surface area contributed by atoms with Gasteiger partial charge in [0.15, 0.2) is 0 Å². The van der Waals surface area contributed by atoms with Crippen LogP contribution in [-0.2, 0) is 10.0 Å². The van der Waals surface area contributed by atoms with Crippen LogP contribution >= 0.6 is 23.2 Å². The standard InChI is InChI=1S/C11H12Cl2N2O3S/c1-2-3-4-15-11(16)14-9-6-7(12)5-8(13)10(9)19(15,17)18/h5-6H,2-4H2,1H3,(H,14,16). The molecule has 1 aromatic rings. The Bertz CT molecular complexity index is 631. The Labute approximate surface area is 121 Å². The van der Waals surface area contributed by atoms with E-state index in [1.54, 1.807) is 0 Å². The maximum atomic E-state index is 12.4. The molecule has 0 aromatic heterocycles. The van der Waals surface area contributed by atoms with Gasteiger partial charge < -0.3 is 5.32 Å². The maximum Gasteiger partial charge on any atom is 0.335 e. The van der Waals surface area contributed by atoms with E-state index in [0.717, 1.165) is 10.7 Å². The minimum absolute atomic E-state index is 0.00370. The molecule has 1 N–H and O–H groups in total. The molecule has 0 spiro atoms. The zero-order valence-corrected chi connectivity index (χ0v) is 12.4. The van der Waals surface area contributed by atoms with Gasteiger partial charge in [-0.25, -0.2) is 17.5 Å². The third-order valence-electron chi connectivity index (χ3n) is 2.74. The minimum atomic E-state index is -3.92. The van der Waals surface area contributed by atoms with Crippen molar-refractivity contribution < 1.29 is 13.2 Å². The van der Waals surface area contributed by atoms with Crippen LogP contribution in [0.3, 0.4) is 0 Å². The first-order chi connectivity index (χ1) is 8.87. The number of hydrogen-bond acceptors (Lipinski definition) is 3. The minimum Gasteiger partial charge on any atom is -0.306 e. The van der Waals surface area contributed by atoms with Gasteiger partial charge in [-0.1, -0.05) is 36.5 Å². The van der Waals surface area contributed by atoms with Crippen LogP contribution in [0.5, 0.6) is 0 Å². The average molecular weight is 323 g/mol. The number of sulfonamides is 1. The highest BCUT2D eigenvalue weighted by atomic mass is 35.5. The first-order valence-corrected chi connectivity index (χ1v) is 7.90. The van der Waals surface area contributed by atoms with Gasteiger partial charge in [-0.2, -0.15) is 0 Å². The van der Waals surface area contributed by atoms with Crippen molar-refractivity contribution in [2.45, 2.75) is 24.7 Å². The molecule has 104 valence electrons. The summed E-state index contributed by atoms with van der Waals surface area (Å²) in [6.07, 6.45) is 1.37. The van der Waals surface area contributed by atoms with Crippen LogP contribution in [0.4, 0.5) is 10.5 Å². The normalized spacial score (nSPS) is 17.0. The van der Waals surface area contributed by atoms with Crippen molar-refractivity contribution in [3.8, 4) is 0 Å². The quantitative estimate of drug-likeness (QED) is 0.928. The van der Waals surface area contributed by atoms with Gasteiger partial charge in [0.05, 0.1) is 10.7 Å². The predicted octanol–water partition coefficient (Wildman–Crippen LogP) is 3.33. The number of hydrogen-bond donors (Lipinski definition) is 1. The van der Waals surface area contributed by atoms with E-state index in [4.69, 9.17) is 23.2 Å². The van der Waals surface area contributed by atoms with E-state index >= 15 is 0 Å². The molecular formula is C11H12Cl2N2O3S. The van der Waals surface area contributed by atoms with Crippen LogP contribution in [-0.4, -0.2) is 25.3 Å². The van der Waals surface area contributed by atoms with Gasteiger partial charge in [0.25, 0.3) is 10.0 Å². The molecule has 0 saturated carbocycles. The van der Waals surface area contributed by atoms with E-state index < -0.39 is 16.1 Å². The van der Waals surface area contributed by atoms with Crippen molar-refractivity contribution in [3.05, 3.63) is 22.2 Å². The SMILES string of the molecule is CCCCN1C(=O)Nc2cc(Cl)cc(Cl)c2S1(=O)=O. The summed E-state index contributed by atoms with van der Waals surface area (Å²) in [4.78, 5) is 11.7. The molecule has 1 aliphatic heterocycles. The summed E-state index contributed by atoms with van der Waals surface area (Å²) in [7, 11) is -3.92. The Kier molecular flexibility index (Phi) is 3.94. The van der Waals surface area contributed by atoms with Crippen LogP contribution in [0.2, 0.25) is 10.0 Å². The van der Waals surface area contributed by atoms with Crippen LogP contribution in [0.1, 0.15) is 19.8 Å². The number of fused-ring (bicyclic) bond motifs is 1. The molecule has 5 nitrogen and oxygen atoms in total. The number of halogens is 2. The fraction of sp³-hybridized carbons (Fsp3) is 0.364. The Hall–Kier alpha value is -0.980. The van der Waals surface area contributed by atoms with Gasteiger partial charge in [-0.15, -0.1) is 0 Å². The molecule has 2 rings (SSSR count). The number of carbonyl (C=O) groups excluding carboxylic acids is 1. The lowest BCUT2D eigenvalue weighted by atomic mass is 10.3. The van der Waals surface area contributed by atoms with Crippen LogP contribution < -0.4 is 5.32 Å². The molecule has 0 atom stereocenters. The van der Waals surface area contributed by atoms with Crippen molar-refractivity contribution in [2.24, 2.45) is 0 Å². The molecule has 8 heteroatoms. The topological polar surface area (TPSA) is 66.5 Å². The van der Waals surface area contributed by atoms with Crippen molar-refractivity contribution in [1.29, 1.82) is 0 Å². The molecule has 2 amide bonds. The highest BCUT2D eigenvalue weighted by Crippen LogP contribution is 2.38. The van der Waals surface area contributed by atoms with E-state index in [2.05, 4.69) is 5.32 Å². The Morgan fingerprint density at radius 3 is 2.63 bits per heavy atom. The lowest BCUT2D eigenvalue weighted by Gasteiger charge is -2.29. The molecule has 0 radical (unpaired) electrons. The van der Waals surface area contributed by atoms with Crippen LogP contribution in [0.15, 0.2) is 17.0 Å². The Morgan fingerprint density at radius 2 is 2.00 bits per heavy atom. The third-order valence-corrected chi connectivity index (χ3v) is 5.25. The Balaban J connectivity index is 2.56. The maximum absolute atomic E-state index is 12.4. The largest absolute Gasteiger partial charge is 0.335 e. The van der Waals surface area contributed by atoms with Gasteiger partial charge in [-0.3, -0.25) is 0 Å². The zero-order valence-electron chi connectivity index (χ0n) is 10.1. The van der Waals surface area contributed by atoms with Crippen molar-refractivity contribution in [2.75, 3.05) is 11.9 Å². The van der Waals surface area contributed by atoms with Crippen LogP contribution in [0.25, 0.3) is 0 Å². The van der Waals surface area contributed by atoms with Gasteiger partial charge in [0.2, 0.25) is 0 Å². The van der Waals surface area contributed by atoms with E-state index in [-0.39, 0.29) is 27.2 Å². The fourth-order valence-electron chi connectivity index (χ4n) is 1.84. The zero-order chi connectivity index (χ0) is 14.2. The second-order valence-corrected chi connectivity index (χ2v) is 6.77. The van der Waals surface area contributed by atoms with E-state index in [9.17, 15) is 13.2 Å². The van der Waals surface area contributed by atoms with E-state index in [1.165, 1.54) is 12.1 Å². The summed E-state index contributed by atoms with van der Waals surface area (Å²) in [5.74, 6) is 0. The van der Waals surface area contributed by atoms with Gasteiger partial charge in [0.1, 0.15) is 4.90 Å². The molecule has 1 aromatic carbocycles. The van der Waals surface area contributed by atoms with Gasteiger partial charge in [-0.05, 0) is 18.6 Å². The molecule has 0 aliphatic carbocycles. The number of anilines is 1. The summed E-state index contributed by atoms with van der Waals surface area (Å²) in [6.45, 7) is 2.04. The molecule has 0 unspecified atom stereocenters. The van der Waals surface area contributed by atoms with Crippen molar-refractivity contribution in [3.63, 3.8) is 0 Å². The third kappa shape index (κ3) is 2.52. The van der Waals surface area contributed by atoms with Gasteiger partial charge in [0, 0.05) is 11.6 Å². The molecular weight excluding hydrogens is 311 g/mol. The molecule has 0 saturated heterocycles. The number of nitrogens with zero attached hydrogens (tertiary/aromatic N) is 1. The first-order valence-electron chi connectivity index (χ1n) is 5.70. The summed E-state index contributed by atoms with van der Waals surface area (Å²) in [5, 5.41) is 2.76. The number of amides is 2. The molecule has 0 fully saturated rings. The summed E-state index contributed by atoms with van der Waals surface area (Å²) in [6, 6.07) is 2.03. The number of rotatable bonds is 3. The lowest BCUT2D eigenvalue weighted by Crippen LogP contribution is -2.44. The summed E-state index contributed by atoms with van der Waals surface area (Å²) < 4.78 is 25.6. The summed E-state index contributed by atoms with van der Waals surface area (Å²) in [5.41, 5.74) is 0.121. The number of benzene rings is 1. The van der Waals surface area contributed by atoms with Crippen molar-refractivity contribution >= 4 is 44.9 Å². The first kappa shape index (κ1) is 14.4. The van der Waals surface area contributed by atoms with Gasteiger partial charge >= 0.3 is 6.03 Å². The fourth-order valence-corrected chi connectivity index (χ4v) is 4.17. The van der Waals surface area contributed by atoms with Crippen molar-refractivity contribution in [1.82, 2.24) is 4.31 Å². The number of nitrogens with one attached hydrogen (secondary N) is 1. The monoisotopic (exact) mass is 322 g/mol. The summed E-state index contributed by atoms with van der Waals surface area (Å²) >= 11 is 11.7. The number of carbonyl (C=O) groups is 1. The number of urea groups is 1. The average Bonchev–Trinajstić information content (AvgIpc) is 2.26. The Morgan fingerprint density at radius 1 is 1.32 bits per heavy atom. The predicted molar refractivity (Wildman–Crippen MR) is 74.3 cm³/mol. The van der Waals surface area contributed by atoms with E-state index in [1.807, 2.05) is 6.92 Å². The molecule has 0 bridgehead atoms. The molecule has 1 aliphatic rings. The van der Waals surface area contributed by atoms with E-state index in [0.29, 0.717) is 6.42 Å². The second kappa shape index (κ2) is 5.19. The second-order valence-electron chi connectivity index (χ2n) is 4.13. The van der Waals surface area contributed by atoms with Crippen LogP contribution in [0, 0.1) is 0 Å². The lowest BCUT2D eigenvalue weighted by molar-refractivity contribution is 0.234. The molecule has 19 heavy (non-hydrogen) atoms. The highest BCUT2D eigenvalue weighted by molar-refractivity contribution is 7.90. The highest BCUT2D eigenvalue weighted by Gasteiger charge is 2.38. The smallest absolute Gasteiger partial charge is 0.306 e. The molecule has 1 heterocycles.